The Morgan fingerprint density at radius 3 is 1.33 bits per heavy atom. The molecule has 1 fully saturated rings. The largest absolute Gasteiger partial charge is 0.460 e. The molecule has 0 unspecified atom stereocenters. The van der Waals surface area contributed by atoms with Crippen molar-refractivity contribution in [1.29, 1.82) is 0 Å². The maximum atomic E-state index is 12.8. The van der Waals surface area contributed by atoms with Crippen molar-refractivity contribution in [2.24, 2.45) is 0 Å². The number of carbonyl (C=O) groups excluding carboxylic acids is 5. The first-order valence-corrected chi connectivity index (χ1v) is 9.93. The first-order valence-electron chi connectivity index (χ1n) is 9.93. The Kier molecular flexibility index (Phi) is 10.3. The van der Waals surface area contributed by atoms with E-state index in [2.05, 4.69) is 19.7 Å². The zero-order valence-corrected chi connectivity index (χ0v) is 19.0. The van der Waals surface area contributed by atoms with Crippen molar-refractivity contribution in [1.82, 2.24) is 14.7 Å². The molecule has 0 aromatic carbocycles. The fourth-order valence-electron chi connectivity index (χ4n) is 2.44. The van der Waals surface area contributed by atoms with Gasteiger partial charge in [0.2, 0.25) is 6.35 Å². The van der Waals surface area contributed by atoms with Crippen LogP contribution in [0, 0.1) is 0 Å². The molecule has 1 heterocycles. The standard InChI is InChI=1S/C21H29N3O9/c1-13(2)16(25)31-10-7-22-19(28)23(8-11-32-17(26)14(3)4)21(30)24(20(22)29)9-12-33-18(27)15(5)6/h19,28H,1,3,5,7-12H2,2,4,6H3. The SMILES string of the molecule is C=C(C)C(=O)OCCN1C(=O)N(CCOC(=O)C(=C)C)C(O)N(CCOC(=O)C(=C)C)C1=O. The summed E-state index contributed by atoms with van der Waals surface area (Å²) >= 11 is 0. The number of esters is 3. The lowest BCUT2D eigenvalue weighted by Crippen LogP contribution is -2.67. The molecule has 0 aliphatic carbocycles. The van der Waals surface area contributed by atoms with E-state index in [1.807, 2.05) is 0 Å². The van der Waals surface area contributed by atoms with Gasteiger partial charge in [-0.15, -0.1) is 0 Å². The summed E-state index contributed by atoms with van der Waals surface area (Å²) in [4.78, 5) is 62.9. The van der Waals surface area contributed by atoms with E-state index >= 15 is 0 Å². The van der Waals surface area contributed by atoms with Gasteiger partial charge >= 0.3 is 30.0 Å². The summed E-state index contributed by atoms with van der Waals surface area (Å²) in [5, 5.41) is 10.6. The molecule has 182 valence electrons. The topological polar surface area (TPSA) is 143 Å². The first kappa shape index (κ1) is 27.4. The number of amides is 4. The third-order valence-corrected chi connectivity index (χ3v) is 4.23. The second kappa shape index (κ2) is 12.4. The lowest BCUT2D eigenvalue weighted by Gasteiger charge is -2.44. The lowest BCUT2D eigenvalue weighted by molar-refractivity contribution is -0.144. The molecule has 12 heteroatoms. The monoisotopic (exact) mass is 467 g/mol. The van der Waals surface area contributed by atoms with Crippen LogP contribution in [0.2, 0.25) is 0 Å². The highest BCUT2D eigenvalue weighted by molar-refractivity contribution is 5.96. The van der Waals surface area contributed by atoms with Crippen LogP contribution in [0.15, 0.2) is 36.5 Å². The number of imide groups is 1. The minimum absolute atomic E-state index is 0.142. The van der Waals surface area contributed by atoms with E-state index in [-0.39, 0.29) is 56.2 Å². The van der Waals surface area contributed by atoms with E-state index in [4.69, 9.17) is 14.2 Å². The average molecular weight is 467 g/mol. The van der Waals surface area contributed by atoms with E-state index in [1.165, 1.54) is 20.8 Å². The normalized spacial score (nSPS) is 14.1. The Balaban J connectivity index is 2.94. The maximum absolute atomic E-state index is 12.8. The van der Waals surface area contributed by atoms with Gasteiger partial charge in [0.05, 0.1) is 19.6 Å². The highest BCUT2D eigenvalue weighted by atomic mass is 16.5. The van der Waals surface area contributed by atoms with Crippen molar-refractivity contribution < 1.29 is 43.3 Å². The molecule has 0 saturated carbocycles. The van der Waals surface area contributed by atoms with Gasteiger partial charge in [-0.05, 0) is 20.8 Å². The van der Waals surface area contributed by atoms with Gasteiger partial charge in [-0.2, -0.15) is 0 Å². The number of aliphatic hydroxyl groups is 1. The number of ether oxygens (including phenoxy) is 3. The number of aliphatic hydroxyl groups excluding tert-OH is 1. The average Bonchev–Trinajstić information content (AvgIpc) is 2.74. The molecule has 1 aliphatic heterocycles. The number of hydrogen-bond donors (Lipinski definition) is 1. The first-order chi connectivity index (χ1) is 15.4. The van der Waals surface area contributed by atoms with Crippen LogP contribution in [0.1, 0.15) is 20.8 Å². The second-order valence-corrected chi connectivity index (χ2v) is 7.20. The molecule has 12 nitrogen and oxygen atoms in total. The van der Waals surface area contributed by atoms with Crippen molar-refractivity contribution in [2.75, 3.05) is 39.5 Å². The molecule has 33 heavy (non-hydrogen) atoms. The molecule has 1 N–H and O–H groups in total. The van der Waals surface area contributed by atoms with Gasteiger partial charge in [0, 0.05) is 16.7 Å². The number of hydrogen-bond acceptors (Lipinski definition) is 9. The number of carbonyl (C=O) groups is 5. The number of nitrogens with zero attached hydrogens (tertiary/aromatic N) is 3. The van der Waals surface area contributed by atoms with Crippen LogP contribution in [0.5, 0.6) is 0 Å². The third-order valence-electron chi connectivity index (χ3n) is 4.23. The summed E-state index contributed by atoms with van der Waals surface area (Å²) in [5.41, 5.74) is 0.443. The molecule has 1 rings (SSSR count). The Morgan fingerprint density at radius 1 is 0.727 bits per heavy atom. The number of rotatable bonds is 12. The maximum Gasteiger partial charge on any atom is 0.333 e. The van der Waals surface area contributed by atoms with Gasteiger partial charge in [0.15, 0.2) is 0 Å². The zero-order chi connectivity index (χ0) is 25.3. The third kappa shape index (κ3) is 7.75. The summed E-state index contributed by atoms with van der Waals surface area (Å²) in [6.45, 7) is 13.0. The van der Waals surface area contributed by atoms with Crippen LogP contribution in [-0.2, 0) is 28.6 Å². The van der Waals surface area contributed by atoms with E-state index < -0.39 is 36.3 Å². The zero-order valence-electron chi connectivity index (χ0n) is 19.0. The van der Waals surface area contributed by atoms with Crippen LogP contribution in [-0.4, -0.2) is 95.6 Å². The van der Waals surface area contributed by atoms with Crippen molar-refractivity contribution in [2.45, 2.75) is 27.1 Å². The predicted octanol–water partition coefficient (Wildman–Crippen LogP) is 0.780. The van der Waals surface area contributed by atoms with E-state index in [0.717, 1.165) is 14.7 Å². The molecule has 4 amide bonds. The van der Waals surface area contributed by atoms with Gasteiger partial charge in [0.25, 0.3) is 0 Å². The molecule has 0 radical (unpaired) electrons. The molecule has 0 aromatic rings. The Bertz CT molecular complexity index is 800. The van der Waals surface area contributed by atoms with Crippen molar-refractivity contribution in [3.05, 3.63) is 36.5 Å². The highest BCUT2D eigenvalue weighted by Gasteiger charge is 2.43. The summed E-state index contributed by atoms with van der Waals surface area (Å²) in [7, 11) is 0. The van der Waals surface area contributed by atoms with Crippen LogP contribution in [0.4, 0.5) is 9.59 Å². The predicted molar refractivity (Wildman–Crippen MR) is 114 cm³/mol. The Labute approximate surface area is 191 Å². The minimum atomic E-state index is -1.72. The van der Waals surface area contributed by atoms with Gasteiger partial charge in [-0.3, -0.25) is 9.80 Å². The highest BCUT2D eigenvalue weighted by Crippen LogP contribution is 2.18. The second-order valence-electron chi connectivity index (χ2n) is 7.20. The van der Waals surface area contributed by atoms with Gasteiger partial charge in [-0.25, -0.2) is 28.9 Å². The van der Waals surface area contributed by atoms with Crippen LogP contribution >= 0.6 is 0 Å². The minimum Gasteiger partial charge on any atom is -0.460 e. The summed E-state index contributed by atoms with van der Waals surface area (Å²) in [6, 6.07) is -1.78. The molecule has 0 spiro atoms. The Morgan fingerprint density at radius 2 is 1.03 bits per heavy atom. The van der Waals surface area contributed by atoms with Gasteiger partial charge in [-0.1, -0.05) is 19.7 Å². The van der Waals surface area contributed by atoms with Gasteiger partial charge < -0.3 is 19.3 Å². The summed E-state index contributed by atoms with van der Waals surface area (Å²) in [5.74, 6) is -2.06. The number of urea groups is 2. The molecule has 0 bridgehead atoms. The molecule has 0 aromatic heterocycles. The van der Waals surface area contributed by atoms with E-state index in [0.29, 0.717) is 0 Å². The van der Waals surface area contributed by atoms with Crippen LogP contribution in [0.25, 0.3) is 0 Å². The van der Waals surface area contributed by atoms with Gasteiger partial charge in [0.1, 0.15) is 19.8 Å². The lowest BCUT2D eigenvalue weighted by atomic mass is 10.3. The summed E-state index contributed by atoms with van der Waals surface area (Å²) < 4.78 is 14.8. The quantitative estimate of drug-likeness (QED) is 0.250. The summed E-state index contributed by atoms with van der Waals surface area (Å²) in [6.07, 6.45) is -1.72. The van der Waals surface area contributed by atoms with Crippen molar-refractivity contribution in [3.8, 4) is 0 Å². The van der Waals surface area contributed by atoms with Crippen molar-refractivity contribution >= 4 is 30.0 Å². The van der Waals surface area contributed by atoms with Crippen LogP contribution < -0.4 is 0 Å². The molecular formula is C21H29N3O9. The smallest absolute Gasteiger partial charge is 0.333 e. The molecule has 0 atom stereocenters. The molecule has 1 aliphatic rings. The Hall–Kier alpha value is -3.67. The fourth-order valence-corrected chi connectivity index (χ4v) is 2.44. The van der Waals surface area contributed by atoms with Crippen molar-refractivity contribution in [3.63, 3.8) is 0 Å². The van der Waals surface area contributed by atoms with E-state index in [9.17, 15) is 29.1 Å². The molecular weight excluding hydrogens is 438 g/mol. The molecule has 1 saturated heterocycles. The fraction of sp³-hybridized carbons (Fsp3) is 0.476. The van der Waals surface area contributed by atoms with Crippen LogP contribution in [0.3, 0.4) is 0 Å². The van der Waals surface area contributed by atoms with E-state index in [1.54, 1.807) is 0 Å².